The molecule has 1 N–H and O–H groups in total. The van der Waals surface area contributed by atoms with E-state index in [0.717, 1.165) is 28.0 Å². The van der Waals surface area contributed by atoms with Crippen molar-refractivity contribution in [2.45, 2.75) is 6.54 Å². The van der Waals surface area contributed by atoms with Gasteiger partial charge in [-0.2, -0.15) is 0 Å². The first-order valence-corrected chi connectivity index (χ1v) is 10.4. The Kier molecular flexibility index (Phi) is 5.63. The highest BCUT2D eigenvalue weighted by molar-refractivity contribution is 7.21. The van der Waals surface area contributed by atoms with Gasteiger partial charge < -0.3 is 14.4 Å². The number of hydrogen-bond acceptors (Lipinski definition) is 5. The number of methoxy groups -OCH3 is 1. The smallest absolute Gasteiger partial charge is 0.348 e. The molecule has 0 bridgehead atoms. The molecule has 4 aromatic rings. The van der Waals surface area contributed by atoms with Crippen LogP contribution in [0.15, 0.2) is 54.6 Å². The van der Waals surface area contributed by atoms with Gasteiger partial charge in [-0.15, -0.1) is 11.3 Å². The molecule has 0 radical (unpaired) electrons. The average Bonchev–Trinajstić information content (AvgIpc) is 3.29. The minimum atomic E-state index is -1.07. The van der Waals surface area contributed by atoms with Crippen molar-refractivity contribution in [3.8, 4) is 22.4 Å². The summed E-state index contributed by atoms with van der Waals surface area (Å²) in [4.78, 5) is 36.3. The maximum absolute atomic E-state index is 12.3. The number of carbonyl (C=O) groups excluding carboxylic acids is 2. The van der Waals surface area contributed by atoms with E-state index in [1.165, 1.54) is 7.11 Å². The molecule has 4 rings (SSSR count). The summed E-state index contributed by atoms with van der Waals surface area (Å²) >= 11 is 7.18. The molecule has 2 aromatic carbocycles. The Morgan fingerprint density at radius 3 is 2.35 bits per heavy atom. The number of thiophene rings is 1. The lowest BCUT2D eigenvalue weighted by molar-refractivity contribution is -0.137. The summed E-state index contributed by atoms with van der Waals surface area (Å²) in [7, 11) is 1.24. The summed E-state index contributed by atoms with van der Waals surface area (Å²) in [6, 6.07) is 16.5. The summed E-state index contributed by atoms with van der Waals surface area (Å²) in [5, 5.41) is 10.2. The molecular weight excluding hydrogens is 438 g/mol. The van der Waals surface area contributed by atoms with Gasteiger partial charge in [0.2, 0.25) is 0 Å². The van der Waals surface area contributed by atoms with E-state index in [0.29, 0.717) is 27.2 Å². The number of aliphatic carboxylic acids is 1. The molecule has 0 atom stereocenters. The zero-order valence-corrected chi connectivity index (χ0v) is 17.9. The first-order chi connectivity index (χ1) is 15.0. The van der Waals surface area contributed by atoms with E-state index in [4.69, 9.17) is 16.3 Å². The van der Waals surface area contributed by atoms with Crippen molar-refractivity contribution >= 4 is 51.4 Å². The van der Waals surface area contributed by atoms with Crippen LogP contribution < -0.4 is 0 Å². The Balaban J connectivity index is 2.19. The standard InChI is InChI=1S/C23H16ClNO5S/c1-30-23(29)21-16(12-26)20-22(31-21)18(13-5-3-2-4-6-13)19(25(20)11-17(27)28)14-7-9-15(24)10-8-14/h2-10,12H,11H2,1H3,(H,27,28). The van der Waals surface area contributed by atoms with Crippen molar-refractivity contribution in [2.75, 3.05) is 7.11 Å². The molecule has 31 heavy (non-hydrogen) atoms. The van der Waals surface area contributed by atoms with Crippen LogP contribution in [0.4, 0.5) is 0 Å². The maximum Gasteiger partial charge on any atom is 0.348 e. The number of nitrogens with zero attached hydrogens (tertiary/aromatic N) is 1. The van der Waals surface area contributed by atoms with Gasteiger partial charge in [0.1, 0.15) is 11.4 Å². The molecule has 8 heteroatoms. The van der Waals surface area contributed by atoms with Crippen molar-refractivity contribution in [2.24, 2.45) is 0 Å². The zero-order valence-electron chi connectivity index (χ0n) is 16.3. The second-order valence-electron chi connectivity index (χ2n) is 6.71. The van der Waals surface area contributed by atoms with E-state index in [1.807, 2.05) is 30.3 Å². The van der Waals surface area contributed by atoms with Crippen molar-refractivity contribution < 1.29 is 24.2 Å². The van der Waals surface area contributed by atoms with Gasteiger partial charge in [-0.25, -0.2) is 4.79 Å². The van der Waals surface area contributed by atoms with Crippen LogP contribution in [0.2, 0.25) is 5.02 Å². The summed E-state index contributed by atoms with van der Waals surface area (Å²) in [6.45, 7) is -0.389. The van der Waals surface area contributed by atoms with Crippen LogP contribution in [-0.2, 0) is 16.1 Å². The number of ether oxygens (including phenoxy) is 1. The molecule has 0 aliphatic heterocycles. The topological polar surface area (TPSA) is 85.6 Å². The SMILES string of the molecule is COC(=O)c1sc2c(-c3ccccc3)c(-c3ccc(Cl)cc3)n(CC(=O)O)c2c1C=O. The van der Waals surface area contributed by atoms with E-state index in [1.54, 1.807) is 28.8 Å². The van der Waals surface area contributed by atoms with Crippen LogP contribution in [0, 0.1) is 0 Å². The van der Waals surface area contributed by atoms with Crippen LogP contribution in [0.5, 0.6) is 0 Å². The van der Waals surface area contributed by atoms with Gasteiger partial charge in [0.25, 0.3) is 0 Å². The summed E-state index contributed by atoms with van der Waals surface area (Å²) in [6.07, 6.45) is 0.573. The molecule has 0 unspecified atom stereocenters. The molecule has 2 aromatic heterocycles. The van der Waals surface area contributed by atoms with Crippen LogP contribution in [0.25, 0.3) is 32.6 Å². The molecule has 0 saturated carbocycles. The van der Waals surface area contributed by atoms with Gasteiger partial charge in [0.15, 0.2) is 6.29 Å². The van der Waals surface area contributed by atoms with E-state index in [2.05, 4.69) is 0 Å². The third-order valence-corrected chi connectivity index (χ3v) is 6.33. The van der Waals surface area contributed by atoms with Crippen molar-refractivity contribution in [3.05, 3.63) is 70.1 Å². The fourth-order valence-corrected chi connectivity index (χ4v) is 5.04. The summed E-state index contributed by atoms with van der Waals surface area (Å²) in [5.74, 6) is -1.72. The highest BCUT2D eigenvalue weighted by atomic mass is 35.5. The van der Waals surface area contributed by atoms with Crippen molar-refractivity contribution in [3.63, 3.8) is 0 Å². The number of carboxylic acids is 1. The number of rotatable bonds is 6. The van der Waals surface area contributed by atoms with E-state index in [-0.39, 0.29) is 17.0 Å². The fraction of sp³-hybridized carbons (Fsp3) is 0.0870. The molecule has 0 aliphatic rings. The monoisotopic (exact) mass is 453 g/mol. The molecule has 0 aliphatic carbocycles. The maximum atomic E-state index is 12.3. The minimum Gasteiger partial charge on any atom is -0.480 e. The molecule has 2 heterocycles. The van der Waals surface area contributed by atoms with Crippen LogP contribution in [0.3, 0.4) is 0 Å². The number of fused-ring (bicyclic) bond motifs is 1. The van der Waals surface area contributed by atoms with E-state index in [9.17, 15) is 19.5 Å². The van der Waals surface area contributed by atoms with Gasteiger partial charge >= 0.3 is 11.9 Å². The Morgan fingerprint density at radius 2 is 1.77 bits per heavy atom. The van der Waals surface area contributed by atoms with E-state index < -0.39 is 11.9 Å². The Morgan fingerprint density at radius 1 is 1.10 bits per heavy atom. The van der Waals surface area contributed by atoms with Gasteiger partial charge in [-0.1, -0.05) is 54.1 Å². The first-order valence-electron chi connectivity index (χ1n) is 9.21. The molecule has 0 amide bonds. The van der Waals surface area contributed by atoms with Gasteiger partial charge in [0.05, 0.1) is 28.6 Å². The molecule has 156 valence electrons. The Labute approximate surface area is 186 Å². The van der Waals surface area contributed by atoms with Gasteiger partial charge in [-0.05, 0) is 23.3 Å². The van der Waals surface area contributed by atoms with Crippen LogP contribution in [0.1, 0.15) is 20.0 Å². The number of carboxylic acid groups (broad SMARTS) is 1. The molecule has 0 saturated heterocycles. The highest BCUT2D eigenvalue weighted by Crippen LogP contribution is 2.46. The lowest BCUT2D eigenvalue weighted by atomic mass is 10.0. The lowest BCUT2D eigenvalue weighted by Crippen LogP contribution is -2.11. The van der Waals surface area contributed by atoms with Gasteiger partial charge in [-0.3, -0.25) is 9.59 Å². The Bertz CT molecular complexity index is 1310. The molecular formula is C23H16ClNO5S. The summed E-state index contributed by atoms with van der Waals surface area (Å²) in [5.41, 5.74) is 3.45. The first kappa shape index (κ1) is 20.8. The molecule has 6 nitrogen and oxygen atoms in total. The predicted octanol–water partition coefficient (Wildman–Crippen LogP) is 5.37. The number of hydrogen-bond donors (Lipinski definition) is 1. The number of carbonyl (C=O) groups is 3. The third-order valence-electron chi connectivity index (χ3n) is 4.88. The lowest BCUT2D eigenvalue weighted by Gasteiger charge is -2.12. The van der Waals surface area contributed by atoms with Gasteiger partial charge in [0, 0.05) is 10.6 Å². The number of benzene rings is 2. The largest absolute Gasteiger partial charge is 0.480 e. The van der Waals surface area contributed by atoms with E-state index >= 15 is 0 Å². The average molecular weight is 454 g/mol. The molecule has 0 spiro atoms. The number of aldehydes is 1. The highest BCUT2D eigenvalue weighted by Gasteiger charge is 2.29. The second-order valence-corrected chi connectivity index (χ2v) is 8.17. The zero-order chi connectivity index (χ0) is 22.1. The predicted molar refractivity (Wildman–Crippen MR) is 120 cm³/mol. The number of halogens is 1. The van der Waals surface area contributed by atoms with Crippen molar-refractivity contribution in [1.29, 1.82) is 0 Å². The molecule has 0 fully saturated rings. The van der Waals surface area contributed by atoms with Crippen LogP contribution in [-0.4, -0.2) is 35.0 Å². The fourth-order valence-electron chi connectivity index (χ4n) is 3.65. The minimum absolute atomic E-state index is 0.116. The number of esters is 1. The van der Waals surface area contributed by atoms with Crippen molar-refractivity contribution in [1.82, 2.24) is 4.57 Å². The second kappa shape index (κ2) is 8.37. The normalized spacial score (nSPS) is 10.9. The third kappa shape index (κ3) is 3.62. The quantitative estimate of drug-likeness (QED) is 0.313. The van der Waals surface area contributed by atoms with Crippen LogP contribution >= 0.6 is 22.9 Å². The summed E-state index contributed by atoms with van der Waals surface area (Å²) < 4.78 is 7.05. The Hall–Kier alpha value is -3.42. The number of aromatic nitrogens is 1.